The van der Waals surface area contributed by atoms with Crippen LogP contribution in [0.4, 0.5) is 0 Å². The lowest BCUT2D eigenvalue weighted by Gasteiger charge is -2.32. The summed E-state index contributed by atoms with van der Waals surface area (Å²) in [5.41, 5.74) is 0.383. The van der Waals surface area contributed by atoms with E-state index in [1.54, 1.807) is 0 Å². The minimum atomic E-state index is -0.668. The summed E-state index contributed by atoms with van der Waals surface area (Å²) in [7, 11) is 0.388. The first-order valence-electron chi connectivity index (χ1n) is 5.79. The van der Waals surface area contributed by atoms with Crippen LogP contribution in [0.1, 0.15) is 25.8 Å². The van der Waals surface area contributed by atoms with E-state index >= 15 is 0 Å². The average Bonchev–Trinajstić information content (AvgIpc) is 2.26. The van der Waals surface area contributed by atoms with Gasteiger partial charge in [-0.2, -0.15) is 0 Å². The minimum Gasteiger partial charge on any atom is -1.00 e. The summed E-state index contributed by atoms with van der Waals surface area (Å²) in [4.78, 5) is 0. The molecule has 1 nitrogen and oxygen atoms in total. The molecule has 1 atom stereocenters. The van der Waals surface area contributed by atoms with Crippen LogP contribution >= 0.6 is 0 Å². The van der Waals surface area contributed by atoms with E-state index < -0.39 is 5.60 Å². The molecule has 98 valence electrons. The SMILES string of the molecule is CC(C)C(O)(CC[S+](C)C)c1ccccc1.[I-]. The van der Waals surface area contributed by atoms with E-state index in [1.165, 1.54) is 0 Å². The fourth-order valence-corrected chi connectivity index (χ4v) is 2.57. The van der Waals surface area contributed by atoms with Gasteiger partial charge in [0.2, 0.25) is 0 Å². The summed E-state index contributed by atoms with van der Waals surface area (Å²) in [5, 5.41) is 10.8. The van der Waals surface area contributed by atoms with E-state index in [4.69, 9.17) is 0 Å². The number of aliphatic hydroxyl groups is 1. The van der Waals surface area contributed by atoms with Gasteiger partial charge in [0.15, 0.2) is 0 Å². The van der Waals surface area contributed by atoms with Gasteiger partial charge in [0.25, 0.3) is 0 Å². The van der Waals surface area contributed by atoms with Gasteiger partial charge in [0.05, 0.1) is 18.1 Å². The van der Waals surface area contributed by atoms with E-state index in [0.717, 1.165) is 17.7 Å². The molecule has 1 N–H and O–H groups in total. The van der Waals surface area contributed by atoms with Gasteiger partial charge >= 0.3 is 0 Å². The van der Waals surface area contributed by atoms with Crippen LogP contribution in [0.2, 0.25) is 0 Å². The topological polar surface area (TPSA) is 20.2 Å². The molecule has 17 heavy (non-hydrogen) atoms. The van der Waals surface area contributed by atoms with Crippen LogP contribution in [0.5, 0.6) is 0 Å². The molecule has 0 aliphatic heterocycles. The Bertz CT molecular complexity index is 313. The highest BCUT2D eigenvalue weighted by molar-refractivity contribution is 7.95. The molecule has 1 unspecified atom stereocenters. The second kappa shape index (κ2) is 7.64. The van der Waals surface area contributed by atoms with Crippen molar-refractivity contribution in [3.63, 3.8) is 0 Å². The van der Waals surface area contributed by atoms with Gasteiger partial charge in [-0.25, -0.2) is 0 Å². The monoisotopic (exact) mass is 366 g/mol. The average molecular weight is 366 g/mol. The lowest BCUT2D eigenvalue weighted by molar-refractivity contribution is -0.0130. The summed E-state index contributed by atoms with van der Waals surface area (Å²) in [6, 6.07) is 10.1. The first-order chi connectivity index (χ1) is 7.47. The maximum Gasteiger partial charge on any atom is 0.110 e. The molecule has 0 spiro atoms. The van der Waals surface area contributed by atoms with Gasteiger partial charge in [-0.3, -0.25) is 0 Å². The van der Waals surface area contributed by atoms with E-state index in [2.05, 4.69) is 26.4 Å². The Morgan fingerprint density at radius 2 is 1.71 bits per heavy atom. The van der Waals surface area contributed by atoms with Crippen LogP contribution in [0.3, 0.4) is 0 Å². The molecular weight excluding hydrogens is 343 g/mol. The number of hydrogen-bond acceptors (Lipinski definition) is 1. The smallest absolute Gasteiger partial charge is 0.110 e. The van der Waals surface area contributed by atoms with Crippen molar-refractivity contribution in [1.82, 2.24) is 0 Å². The van der Waals surface area contributed by atoms with E-state index in [0.29, 0.717) is 10.9 Å². The number of benzene rings is 1. The quantitative estimate of drug-likeness (QED) is 0.566. The lowest BCUT2D eigenvalue weighted by atomic mass is 9.81. The first kappa shape index (κ1) is 17.3. The van der Waals surface area contributed by atoms with Crippen molar-refractivity contribution in [3.8, 4) is 0 Å². The molecule has 0 aliphatic rings. The van der Waals surface area contributed by atoms with Crippen molar-refractivity contribution in [1.29, 1.82) is 0 Å². The summed E-state index contributed by atoms with van der Waals surface area (Å²) < 4.78 is 0. The maximum atomic E-state index is 10.8. The number of hydrogen-bond donors (Lipinski definition) is 1. The van der Waals surface area contributed by atoms with Crippen molar-refractivity contribution in [2.45, 2.75) is 25.9 Å². The molecule has 0 aromatic heterocycles. The molecule has 3 heteroatoms. The Morgan fingerprint density at radius 1 is 1.18 bits per heavy atom. The second-order valence-electron chi connectivity index (χ2n) is 4.88. The third kappa shape index (κ3) is 4.79. The summed E-state index contributed by atoms with van der Waals surface area (Å²) >= 11 is 0. The largest absolute Gasteiger partial charge is 1.00 e. The number of halogens is 1. The Labute approximate surface area is 125 Å². The van der Waals surface area contributed by atoms with Crippen LogP contribution in [0, 0.1) is 5.92 Å². The van der Waals surface area contributed by atoms with Crippen LogP contribution in [-0.4, -0.2) is 23.4 Å². The molecule has 0 aliphatic carbocycles. The molecule has 0 saturated carbocycles. The standard InChI is InChI=1S/C14H23OS.HI/c1-12(2)14(15,10-11-16(3)4)13-8-6-5-7-9-13;/h5-9,12,15H,10-11H2,1-4H3;1H/q+1;/p-1. The zero-order chi connectivity index (χ0) is 12.2. The molecule has 0 saturated heterocycles. The van der Waals surface area contributed by atoms with Gasteiger partial charge in [-0.05, 0) is 22.4 Å². The number of rotatable bonds is 5. The Hall–Kier alpha value is 0.260. The van der Waals surface area contributed by atoms with E-state index in [9.17, 15) is 5.11 Å². The highest BCUT2D eigenvalue weighted by atomic mass is 127. The van der Waals surface area contributed by atoms with Crippen LogP contribution < -0.4 is 24.0 Å². The summed E-state index contributed by atoms with van der Waals surface area (Å²) in [5.74, 6) is 1.34. The summed E-state index contributed by atoms with van der Waals surface area (Å²) in [6.07, 6.45) is 5.31. The highest BCUT2D eigenvalue weighted by Gasteiger charge is 2.34. The van der Waals surface area contributed by atoms with E-state index in [-0.39, 0.29) is 29.9 Å². The molecule has 0 radical (unpaired) electrons. The Morgan fingerprint density at radius 3 is 2.12 bits per heavy atom. The van der Waals surface area contributed by atoms with Gasteiger partial charge in [-0.15, -0.1) is 0 Å². The molecule has 1 aromatic rings. The van der Waals surface area contributed by atoms with Crippen LogP contribution in [0.15, 0.2) is 30.3 Å². The van der Waals surface area contributed by atoms with E-state index in [1.807, 2.05) is 30.3 Å². The Kier molecular flexibility index (Phi) is 7.76. The minimum absolute atomic E-state index is 0. The molecular formula is C14H23IOS. The normalized spacial score (nSPS) is 14.5. The predicted octanol–water partition coefficient (Wildman–Crippen LogP) is -0.198. The molecule has 0 amide bonds. The predicted molar refractivity (Wildman–Crippen MR) is 73.9 cm³/mol. The first-order valence-corrected chi connectivity index (χ1v) is 8.00. The molecule has 1 aromatic carbocycles. The third-order valence-electron chi connectivity index (χ3n) is 3.12. The maximum absolute atomic E-state index is 10.8. The fraction of sp³-hybridized carbons (Fsp3) is 0.571. The van der Waals surface area contributed by atoms with Crippen LogP contribution in [-0.2, 0) is 16.5 Å². The summed E-state index contributed by atoms with van der Waals surface area (Å²) in [6.45, 7) is 4.19. The molecule has 1 rings (SSSR count). The van der Waals surface area contributed by atoms with Crippen LogP contribution in [0.25, 0.3) is 0 Å². The molecule has 0 heterocycles. The van der Waals surface area contributed by atoms with Crippen molar-refractivity contribution in [2.24, 2.45) is 5.92 Å². The zero-order valence-corrected chi connectivity index (χ0v) is 14.1. The van der Waals surface area contributed by atoms with Gasteiger partial charge in [0, 0.05) is 6.42 Å². The van der Waals surface area contributed by atoms with Gasteiger partial charge in [0.1, 0.15) is 5.75 Å². The fourth-order valence-electron chi connectivity index (χ4n) is 1.85. The lowest BCUT2D eigenvalue weighted by Crippen LogP contribution is -3.00. The molecule has 0 fully saturated rings. The van der Waals surface area contributed by atoms with Gasteiger partial charge in [-0.1, -0.05) is 44.2 Å². The Balaban J connectivity index is 0.00000256. The zero-order valence-electron chi connectivity index (χ0n) is 11.1. The van der Waals surface area contributed by atoms with Crippen molar-refractivity contribution < 1.29 is 29.1 Å². The van der Waals surface area contributed by atoms with Gasteiger partial charge < -0.3 is 29.1 Å². The van der Waals surface area contributed by atoms with Crippen molar-refractivity contribution >= 4 is 10.9 Å². The second-order valence-corrected chi connectivity index (χ2v) is 7.26. The van der Waals surface area contributed by atoms with Crippen molar-refractivity contribution in [3.05, 3.63) is 35.9 Å². The molecule has 0 bridgehead atoms. The highest BCUT2D eigenvalue weighted by Crippen LogP contribution is 2.33. The van der Waals surface area contributed by atoms with Crippen molar-refractivity contribution in [2.75, 3.05) is 18.3 Å². The third-order valence-corrected chi connectivity index (χ3v) is 4.14.